The summed E-state index contributed by atoms with van der Waals surface area (Å²) in [6, 6.07) is 9.47. The van der Waals surface area contributed by atoms with Gasteiger partial charge in [0.15, 0.2) is 0 Å². The third-order valence-electron chi connectivity index (χ3n) is 2.40. The standard InChI is InChI=1S/C13H18O4/c1-15-8-9-17-10-12(13(14)16-2)11-6-4-3-5-7-11/h3-7,12H,8-10H2,1-2H3/t12-/m1/s1. The van der Waals surface area contributed by atoms with Crippen LogP contribution in [-0.2, 0) is 19.0 Å². The Morgan fingerprint density at radius 2 is 1.88 bits per heavy atom. The molecule has 0 fully saturated rings. The van der Waals surface area contributed by atoms with Gasteiger partial charge in [0.1, 0.15) is 5.92 Å². The van der Waals surface area contributed by atoms with E-state index in [4.69, 9.17) is 14.2 Å². The molecule has 1 aromatic rings. The minimum atomic E-state index is -0.377. The fourth-order valence-electron chi connectivity index (χ4n) is 1.47. The highest BCUT2D eigenvalue weighted by Crippen LogP contribution is 2.17. The van der Waals surface area contributed by atoms with Crippen LogP contribution in [0.25, 0.3) is 0 Å². The average Bonchev–Trinajstić information content (AvgIpc) is 2.39. The number of ether oxygens (including phenoxy) is 3. The summed E-state index contributed by atoms with van der Waals surface area (Å²) in [5.74, 6) is -0.660. The van der Waals surface area contributed by atoms with Crippen LogP contribution in [0.2, 0.25) is 0 Å². The van der Waals surface area contributed by atoms with Crippen LogP contribution in [0.1, 0.15) is 11.5 Å². The van der Waals surface area contributed by atoms with Gasteiger partial charge in [-0.15, -0.1) is 0 Å². The predicted octanol–water partition coefficient (Wildman–Crippen LogP) is 1.61. The topological polar surface area (TPSA) is 44.8 Å². The summed E-state index contributed by atoms with van der Waals surface area (Å²) in [7, 11) is 2.99. The van der Waals surface area contributed by atoms with Crippen molar-refractivity contribution in [2.24, 2.45) is 0 Å². The molecule has 0 bridgehead atoms. The summed E-state index contributed by atoms with van der Waals surface area (Å²) >= 11 is 0. The molecule has 0 unspecified atom stereocenters. The minimum Gasteiger partial charge on any atom is -0.468 e. The third kappa shape index (κ3) is 4.54. The molecule has 0 aliphatic carbocycles. The van der Waals surface area contributed by atoms with E-state index >= 15 is 0 Å². The van der Waals surface area contributed by atoms with Gasteiger partial charge < -0.3 is 14.2 Å². The van der Waals surface area contributed by atoms with Gasteiger partial charge in [0.25, 0.3) is 0 Å². The molecule has 1 atom stereocenters. The molecular weight excluding hydrogens is 220 g/mol. The fourth-order valence-corrected chi connectivity index (χ4v) is 1.47. The molecule has 4 heteroatoms. The second-order valence-electron chi connectivity index (χ2n) is 3.55. The van der Waals surface area contributed by atoms with Crippen LogP contribution in [0.5, 0.6) is 0 Å². The number of carbonyl (C=O) groups is 1. The van der Waals surface area contributed by atoms with Crippen molar-refractivity contribution in [1.82, 2.24) is 0 Å². The first-order chi connectivity index (χ1) is 8.29. The number of benzene rings is 1. The van der Waals surface area contributed by atoms with Gasteiger partial charge in [0.2, 0.25) is 0 Å². The minimum absolute atomic E-state index is 0.284. The van der Waals surface area contributed by atoms with Gasteiger partial charge >= 0.3 is 5.97 Å². The van der Waals surface area contributed by atoms with Crippen molar-refractivity contribution in [3.05, 3.63) is 35.9 Å². The lowest BCUT2D eigenvalue weighted by Gasteiger charge is -2.15. The first kappa shape index (κ1) is 13.7. The average molecular weight is 238 g/mol. The molecule has 0 saturated heterocycles. The van der Waals surface area contributed by atoms with E-state index in [-0.39, 0.29) is 11.9 Å². The molecule has 0 amide bonds. The van der Waals surface area contributed by atoms with Crippen LogP contribution in [-0.4, -0.2) is 40.0 Å². The van der Waals surface area contributed by atoms with E-state index in [1.165, 1.54) is 7.11 Å². The summed E-state index contributed by atoms with van der Waals surface area (Å²) in [5.41, 5.74) is 0.900. The number of rotatable bonds is 7. The summed E-state index contributed by atoms with van der Waals surface area (Å²) in [5, 5.41) is 0. The van der Waals surface area contributed by atoms with Gasteiger partial charge in [-0.2, -0.15) is 0 Å². The van der Waals surface area contributed by atoms with E-state index in [1.54, 1.807) is 7.11 Å². The van der Waals surface area contributed by atoms with Gasteiger partial charge in [-0.05, 0) is 5.56 Å². The molecule has 0 saturated carbocycles. The highest BCUT2D eigenvalue weighted by atomic mass is 16.5. The van der Waals surface area contributed by atoms with Gasteiger partial charge in [0, 0.05) is 7.11 Å². The van der Waals surface area contributed by atoms with E-state index in [1.807, 2.05) is 30.3 Å². The van der Waals surface area contributed by atoms with E-state index in [0.717, 1.165) is 5.56 Å². The Morgan fingerprint density at radius 3 is 2.47 bits per heavy atom. The molecule has 0 spiro atoms. The summed E-state index contributed by atoms with van der Waals surface area (Å²) in [4.78, 5) is 11.6. The van der Waals surface area contributed by atoms with Crippen molar-refractivity contribution < 1.29 is 19.0 Å². The summed E-state index contributed by atoms with van der Waals surface area (Å²) in [6.07, 6.45) is 0. The molecular formula is C13H18O4. The Morgan fingerprint density at radius 1 is 1.18 bits per heavy atom. The molecule has 0 aliphatic heterocycles. The fraction of sp³-hybridized carbons (Fsp3) is 0.462. The zero-order valence-electron chi connectivity index (χ0n) is 10.2. The summed E-state index contributed by atoms with van der Waals surface area (Å²) < 4.78 is 15.0. The van der Waals surface area contributed by atoms with E-state index in [9.17, 15) is 4.79 Å². The normalized spacial score (nSPS) is 12.1. The largest absolute Gasteiger partial charge is 0.468 e. The number of methoxy groups -OCH3 is 2. The van der Waals surface area contributed by atoms with Crippen molar-refractivity contribution >= 4 is 5.97 Å². The van der Waals surface area contributed by atoms with Crippen LogP contribution in [0.4, 0.5) is 0 Å². The number of hydrogen-bond donors (Lipinski definition) is 0. The molecule has 4 nitrogen and oxygen atoms in total. The van der Waals surface area contributed by atoms with Crippen LogP contribution < -0.4 is 0 Å². The Balaban J connectivity index is 2.59. The zero-order valence-corrected chi connectivity index (χ0v) is 10.2. The second-order valence-corrected chi connectivity index (χ2v) is 3.55. The lowest BCUT2D eigenvalue weighted by molar-refractivity contribution is -0.144. The Labute approximate surface area is 101 Å². The van der Waals surface area contributed by atoms with Crippen molar-refractivity contribution in [2.45, 2.75) is 5.92 Å². The maximum atomic E-state index is 11.6. The Kier molecular flexibility index (Phi) is 6.29. The second kappa shape index (κ2) is 7.81. The third-order valence-corrected chi connectivity index (χ3v) is 2.40. The lowest BCUT2D eigenvalue weighted by atomic mass is 10.0. The van der Waals surface area contributed by atoms with Crippen LogP contribution in [0.15, 0.2) is 30.3 Å². The summed E-state index contributed by atoms with van der Waals surface area (Å²) in [6.45, 7) is 1.29. The van der Waals surface area contributed by atoms with Crippen molar-refractivity contribution in [2.75, 3.05) is 34.0 Å². The van der Waals surface area contributed by atoms with Crippen LogP contribution >= 0.6 is 0 Å². The SMILES string of the molecule is COCCOC[C@@H](C(=O)OC)c1ccccc1. The highest BCUT2D eigenvalue weighted by molar-refractivity contribution is 5.78. The van der Waals surface area contributed by atoms with Gasteiger partial charge in [-0.1, -0.05) is 30.3 Å². The number of hydrogen-bond acceptors (Lipinski definition) is 4. The Bertz CT molecular complexity index is 323. The molecule has 0 N–H and O–H groups in total. The van der Waals surface area contributed by atoms with Gasteiger partial charge in [0.05, 0.1) is 26.9 Å². The zero-order chi connectivity index (χ0) is 12.5. The first-order valence-electron chi connectivity index (χ1n) is 5.49. The molecule has 0 radical (unpaired) electrons. The van der Waals surface area contributed by atoms with Crippen LogP contribution in [0.3, 0.4) is 0 Å². The van der Waals surface area contributed by atoms with Gasteiger partial charge in [-0.3, -0.25) is 4.79 Å². The molecule has 1 aromatic carbocycles. The van der Waals surface area contributed by atoms with Crippen molar-refractivity contribution in [1.29, 1.82) is 0 Å². The predicted molar refractivity (Wildman–Crippen MR) is 63.9 cm³/mol. The first-order valence-corrected chi connectivity index (χ1v) is 5.49. The molecule has 0 aliphatic rings. The maximum Gasteiger partial charge on any atom is 0.315 e. The molecule has 17 heavy (non-hydrogen) atoms. The van der Waals surface area contributed by atoms with Crippen LogP contribution in [0, 0.1) is 0 Å². The van der Waals surface area contributed by atoms with E-state index < -0.39 is 0 Å². The quantitative estimate of drug-likeness (QED) is 0.534. The lowest BCUT2D eigenvalue weighted by Crippen LogP contribution is -2.20. The number of esters is 1. The monoisotopic (exact) mass is 238 g/mol. The van der Waals surface area contributed by atoms with Crippen molar-refractivity contribution in [3.8, 4) is 0 Å². The van der Waals surface area contributed by atoms with E-state index in [0.29, 0.717) is 19.8 Å². The molecule has 0 heterocycles. The Hall–Kier alpha value is -1.39. The number of carbonyl (C=O) groups excluding carboxylic acids is 1. The van der Waals surface area contributed by atoms with E-state index in [2.05, 4.69) is 0 Å². The molecule has 94 valence electrons. The smallest absolute Gasteiger partial charge is 0.315 e. The molecule has 0 aromatic heterocycles. The van der Waals surface area contributed by atoms with Crippen molar-refractivity contribution in [3.63, 3.8) is 0 Å². The molecule has 1 rings (SSSR count). The van der Waals surface area contributed by atoms with Gasteiger partial charge in [-0.25, -0.2) is 0 Å². The highest BCUT2D eigenvalue weighted by Gasteiger charge is 2.21. The maximum absolute atomic E-state index is 11.6.